The molecule has 0 saturated heterocycles. The maximum Gasteiger partial charge on any atom is 0.145 e. The molecule has 0 saturated carbocycles. The third kappa shape index (κ3) is 2.75. The van der Waals surface area contributed by atoms with Crippen LogP contribution < -0.4 is 11.3 Å². The normalized spacial score (nSPS) is 10.4. The van der Waals surface area contributed by atoms with Crippen LogP contribution in [-0.4, -0.2) is 9.97 Å². The zero-order chi connectivity index (χ0) is 13.1. The number of aromatic nitrogens is 2. The Labute approximate surface area is 109 Å². The molecule has 6 heteroatoms. The van der Waals surface area contributed by atoms with E-state index in [2.05, 4.69) is 15.4 Å². The number of aryl methyl sites for hydroxylation is 1. The van der Waals surface area contributed by atoms with E-state index >= 15 is 0 Å². The van der Waals surface area contributed by atoms with Gasteiger partial charge in [0.2, 0.25) is 0 Å². The molecular weight excluding hydrogens is 255 g/mol. The van der Waals surface area contributed by atoms with Gasteiger partial charge in [0.25, 0.3) is 0 Å². The van der Waals surface area contributed by atoms with Gasteiger partial charge in [0.05, 0.1) is 5.02 Å². The SMILES string of the molecule is Cc1cc(NN)nc(Cc2cccc(Cl)c2F)n1. The Morgan fingerprint density at radius 3 is 2.89 bits per heavy atom. The summed E-state index contributed by atoms with van der Waals surface area (Å²) in [7, 11) is 0. The summed E-state index contributed by atoms with van der Waals surface area (Å²) in [6.45, 7) is 1.82. The van der Waals surface area contributed by atoms with Crippen molar-refractivity contribution in [1.82, 2.24) is 9.97 Å². The van der Waals surface area contributed by atoms with Gasteiger partial charge in [-0.25, -0.2) is 20.2 Å². The molecule has 0 fully saturated rings. The monoisotopic (exact) mass is 266 g/mol. The highest BCUT2D eigenvalue weighted by molar-refractivity contribution is 6.30. The molecule has 3 N–H and O–H groups in total. The predicted octanol–water partition coefficient (Wildman–Crippen LogP) is 2.45. The predicted molar refractivity (Wildman–Crippen MR) is 68.8 cm³/mol. The zero-order valence-electron chi connectivity index (χ0n) is 9.74. The molecule has 1 heterocycles. The average Bonchev–Trinajstić information content (AvgIpc) is 2.34. The molecule has 2 aromatic rings. The van der Waals surface area contributed by atoms with Crippen molar-refractivity contribution in [1.29, 1.82) is 0 Å². The Morgan fingerprint density at radius 1 is 1.39 bits per heavy atom. The van der Waals surface area contributed by atoms with Gasteiger partial charge in [-0.1, -0.05) is 23.7 Å². The Balaban J connectivity index is 2.34. The van der Waals surface area contributed by atoms with Crippen LogP contribution in [0.2, 0.25) is 5.02 Å². The van der Waals surface area contributed by atoms with Crippen molar-refractivity contribution in [3.05, 3.63) is 52.2 Å². The standard InChI is InChI=1S/C12H12ClFN4/c1-7-5-11(18-15)17-10(16-7)6-8-3-2-4-9(13)12(8)14/h2-5H,6,15H2,1H3,(H,16,17,18). The van der Waals surface area contributed by atoms with Gasteiger partial charge in [0.1, 0.15) is 17.5 Å². The summed E-state index contributed by atoms with van der Waals surface area (Å²) in [6, 6.07) is 6.56. The fourth-order valence-electron chi connectivity index (χ4n) is 1.64. The fourth-order valence-corrected chi connectivity index (χ4v) is 1.83. The minimum absolute atomic E-state index is 0.0947. The van der Waals surface area contributed by atoms with Crippen LogP contribution in [0.4, 0.5) is 10.2 Å². The molecule has 0 radical (unpaired) electrons. The summed E-state index contributed by atoms with van der Waals surface area (Å²) < 4.78 is 13.7. The number of nitrogens with one attached hydrogen (secondary N) is 1. The average molecular weight is 267 g/mol. The van der Waals surface area contributed by atoms with Crippen molar-refractivity contribution < 1.29 is 4.39 Å². The number of hydrogen-bond donors (Lipinski definition) is 2. The molecule has 0 aliphatic rings. The van der Waals surface area contributed by atoms with E-state index in [9.17, 15) is 4.39 Å². The minimum atomic E-state index is -0.438. The van der Waals surface area contributed by atoms with Gasteiger partial charge in [-0.3, -0.25) is 0 Å². The van der Waals surface area contributed by atoms with E-state index in [1.54, 1.807) is 18.2 Å². The van der Waals surface area contributed by atoms with Crippen LogP contribution in [0.15, 0.2) is 24.3 Å². The second-order valence-electron chi connectivity index (χ2n) is 3.84. The maximum absolute atomic E-state index is 13.7. The van der Waals surface area contributed by atoms with E-state index in [0.29, 0.717) is 17.2 Å². The topological polar surface area (TPSA) is 63.8 Å². The van der Waals surface area contributed by atoms with E-state index in [1.165, 1.54) is 6.07 Å². The quantitative estimate of drug-likeness (QED) is 0.662. The van der Waals surface area contributed by atoms with E-state index in [0.717, 1.165) is 5.69 Å². The molecule has 0 spiro atoms. The summed E-state index contributed by atoms with van der Waals surface area (Å²) in [5.41, 5.74) is 3.66. The molecule has 2 rings (SSSR count). The van der Waals surface area contributed by atoms with Crippen LogP contribution in [-0.2, 0) is 6.42 Å². The smallest absolute Gasteiger partial charge is 0.145 e. The third-order valence-electron chi connectivity index (χ3n) is 2.43. The molecule has 0 aliphatic heterocycles. The first-order chi connectivity index (χ1) is 8.60. The molecule has 18 heavy (non-hydrogen) atoms. The number of nitrogens with two attached hydrogens (primary N) is 1. The van der Waals surface area contributed by atoms with Gasteiger partial charge >= 0.3 is 0 Å². The number of hydrogen-bond acceptors (Lipinski definition) is 4. The number of anilines is 1. The Kier molecular flexibility index (Phi) is 3.74. The van der Waals surface area contributed by atoms with Crippen molar-refractivity contribution in [2.24, 2.45) is 5.84 Å². The van der Waals surface area contributed by atoms with Gasteiger partial charge in [-0.15, -0.1) is 0 Å². The highest BCUT2D eigenvalue weighted by Gasteiger charge is 2.09. The van der Waals surface area contributed by atoms with E-state index in [-0.39, 0.29) is 11.4 Å². The molecule has 0 unspecified atom stereocenters. The number of benzene rings is 1. The molecular formula is C12H12ClFN4. The summed E-state index contributed by atoms with van der Waals surface area (Å²) >= 11 is 5.72. The largest absolute Gasteiger partial charge is 0.308 e. The lowest BCUT2D eigenvalue weighted by atomic mass is 10.1. The first-order valence-electron chi connectivity index (χ1n) is 5.34. The molecule has 4 nitrogen and oxygen atoms in total. The minimum Gasteiger partial charge on any atom is -0.308 e. The fraction of sp³-hybridized carbons (Fsp3) is 0.167. The van der Waals surface area contributed by atoms with E-state index in [4.69, 9.17) is 17.4 Å². The highest BCUT2D eigenvalue weighted by atomic mass is 35.5. The number of nitrogen functional groups attached to an aromatic ring is 1. The van der Waals surface area contributed by atoms with Crippen molar-refractivity contribution in [3.8, 4) is 0 Å². The van der Waals surface area contributed by atoms with Gasteiger partial charge < -0.3 is 5.43 Å². The number of rotatable bonds is 3. The highest BCUT2D eigenvalue weighted by Crippen LogP contribution is 2.20. The Hall–Kier alpha value is -1.72. The molecule has 0 aliphatic carbocycles. The van der Waals surface area contributed by atoms with Gasteiger partial charge in [0.15, 0.2) is 0 Å². The van der Waals surface area contributed by atoms with E-state index in [1.807, 2.05) is 6.92 Å². The number of nitrogens with zero attached hydrogens (tertiary/aromatic N) is 2. The molecule has 1 aromatic carbocycles. The summed E-state index contributed by atoms with van der Waals surface area (Å²) in [5, 5.41) is 0.0947. The van der Waals surface area contributed by atoms with Crippen LogP contribution in [0.3, 0.4) is 0 Å². The first kappa shape index (κ1) is 12.7. The second kappa shape index (κ2) is 5.29. The number of hydrazine groups is 1. The van der Waals surface area contributed by atoms with E-state index < -0.39 is 5.82 Å². The van der Waals surface area contributed by atoms with Crippen molar-refractivity contribution in [2.75, 3.05) is 5.43 Å². The molecule has 0 bridgehead atoms. The van der Waals surface area contributed by atoms with Gasteiger partial charge in [-0.05, 0) is 18.6 Å². The molecule has 0 atom stereocenters. The molecule has 1 aromatic heterocycles. The second-order valence-corrected chi connectivity index (χ2v) is 4.25. The van der Waals surface area contributed by atoms with Crippen LogP contribution in [0.1, 0.15) is 17.1 Å². The molecule has 94 valence electrons. The Bertz CT molecular complexity index is 574. The van der Waals surface area contributed by atoms with Crippen LogP contribution >= 0.6 is 11.6 Å². The lowest BCUT2D eigenvalue weighted by Crippen LogP contribution is -2.11. The van der Waals surface area contributed by atoms with Crippen LogP contribution in [0.5, 0.6) is 0 Å². The third-order valence-corrected chi connectivity index (χ3v) is 2.72. The number of halogens is 2. The Morgan fingerprint density at radius 2 is 2.17 bits per heavy atom. The van der Waals surface area contributed by atoms with Crippen LogP contribution in [0, 0.1) is 12.7 Å². The van der Waals surface area contributed by atoms with Gasteiger partial charge in [0, 0.05) is 18.2 Å². The maximum atomic E-state index is 13.7. The summed E-state index contributed by atoms with van der Waals surface area (Å²) in [6.07, 6.45) is 0.267. The lowest BCUT2D eigenvalue weighted by Gasteiger charge is -2.06. The summed E-state index contributed by atoms with van der Waals surface area (Å²) in [5.74, 6) is 5.85. The molecule has 0 amide bonds. The first-order valence-corrected chi connectivity index (χ1v) is 5.72. The van der Waals surface area contributed by atoms with Crippen molar-refractivity contribution in [2.45, 2.75) is 13.3 Å². The van der Waals surface area contributed by atoms with Gasteiger partial charge in [-0.2, -0.15) is 0 Å². The zero-order valence-corrected chi connectivity index (χ0v) is 10.5. The van der Waals surface area contributed by atoms with Crippen molar-refractivity contribution >= 4 is 17.4 Å². The summed E-state index contributed by atoms with van der Waals surface area (Å²) in [4.78, 5) is 8.39. The lowest BCUT2D eigenvalue weighted by molar-refractivity contribution is 0.612. The van der Waals surface area contributed by atoms with Crippen LogP contribution in [0.25, 0.3) is 0 Å². The van der Waals surface area contributed by atoms with Crippen molar-refractivity contribution in [3.63, 3.8) is 0 Å².